The fraction of sp³-hybridized carbons (Fsp3) is 0.0612. The lowest BCUT2D eigenvalue weighted by Gasteiger charge is -2.29. The Labute approximate surface area is 310 Å². The lowest BCUT2D eigenvalue weighted by molar-refractivity contribution is 0.660. The van der Waals surface area contributed by atoms with Crippen LogP contribution in [0, 0.1) is 0 Å². The number of hydrogen-bond donors (Lipinski definition) is 0. The van der Waals surface area contributed by atoms with Gasteiger partial charge < -0.3 is 4.90 Å². The molecule has 246 valence electrons. The van der Waals surface area contributed by atoms with Crippen molar-refractivity contribution in [2.24, 2.45) is 0 Å². The second-order valence-corrected chi connectivity index (χ2v) is 16.7. The fourth-order valence-electron chi connectivity index (χ4n) is 8.73. The van der Waals surface area contributed by atoms with Gasteiger partial charge in [-0.15, -0.1) is 22.7 Å². The van der Waals surface area contributed by atoms with Gasteiger partial charge >= 0.3 is 0 Å². The molecule has 0 atom stereocenters. The first-order chi connectivity index (χ1) is 25.5. The standard InChI is InChI=1S/C49H33NS2/c1-49(2)40-13-6-3-11-36(40)48-41(49)14-9-15-42(48)50(34-25-27-45-39(29-34)35-10-4-7-16-43(35)51-45)33-23-20-30(21-24-33)32-19-18-31-22-26-46-47(38(31)28-32)37-12-5-8-17-44(37)52-46/h3-29H,1-2H3. The lowest BCUT2D eigenvalue weighted by Crippen LogP contribution is -2.16. The topological polar surface area (TPSA) is 3.24 Å². The first-order valence-electron chi connectivity index (χ1n) is 17.9. The van der Waals surface area contributed by atoms with Gasteiger partial charge in [0.05, 0.1) is 5.69 Å². The van der Waals surface area contributed by atoms with E-state index < -0.39 is 0 Å². The molecule has 0 radical (unpaired) electrons. The summed E-state index contributed by atoms with van der Waals surface area (Å²) in [6, 6.07) is 61.1. The SMILES string of the molecule is CC1(C)c2ccccc2-c2c(N(c3ccc(-c4ccc5ccc6sc7ccccc7c6c5c4)cc3)c3ccc4sc5ccccc5c4c3)cccc21. The molecule has 0 unspecified atom stereocenters. The molecule has 2 heterocycles. The van der Waals surface area contributed by atoms with Crippen LogP contribution in [0.15, 0.2) is 164 Å². The van der Waals surface area contributed by atoms with Crippen LogP contribution in [0.3, 0.4) is 0 Å². The van der Waals surface area contributed by atoms with E-state index in [1.165, 1.54) is 90.2 Å². The maximum Gasteiger partial charge on any atom is 0.0543 e. The number of thiophene rings is 2. The maximum atomic E-state index is 2.48. The van der Waals surface area contributed by atoms with Crippen molar-refractivity contribution in [3.63, 3.8) is 0 Å². The van der Waals surface area contributed by atoms with E-state index >= 15 is 0 Å². The Morgan fingerprint density at radius 3 is 1.94 bits per heavy atom. The van der Waals surface area contributed by atoms with Crippen molar-refractivity contribution in [3.8, 4) is 22.3 Å². The van der Waals surface area contributed by atoms with Crippen molar-refractivity contribution in [2.75, 3.05) is 4.90 Å². The summed E-state index contributed by atoms with van der Waals surface area (Å²) in [7, 11) is 0. The first kappa shape index (κ1) is 29.9. The molecule has 0 amide bonds. The molecule has 3 heteroatoms. The van der Waals surface area contributed by atoms with Crippen LogP contribution in [0.1, 0.15) is 25.0 Å². The summed E-state index contributed by atoms with van der Waals surface area (Å²) in [6.45, 7) is 4.72. The average Bonchev–Trinajstić information content (AvgIpc) is 3.83. The van der Waals surface area contributed by atoms with Crippen LogP contribution in [0.5, 0.6) is 0 Å². The van der Waals surface area contributed by atoms with E-state index in [0.29, 0.717) is 0 Å². The minimum Gasteiger partial charge on any atom is -0.310 e. The Kier molecular flexibility index (Phi) is 6.41. The van der Waals surface area contributed by atoms with E-state index in [1.54, 1.807) is 0 Å². The Morgan fingerprint density at radius 1 is 0.442 bits per heavy atom. The predicted molar refractivity (Wildman–Crippen MR) is 227 cm³/mol. The van der Waals surface area contributed by atoms with Gasteiger partial charge in [-0.2, -0.15) is 0 Å². The summed E-state index contributed by atoms with van der Waals surface area (Å²) in [6.07, 6.45) is 0. The van der Waals surface area contributed by atoms with E-state index in [0.717, 1.165) is 11.4 Å². The largest absolute Gasteiger partial charge is 0.310 e. The number of nitrogens with zero attached hydrogens (tertiary/aromatic N) is 1. The van der Waals surface area contributed by atoms with Gasteiger partial charge in [-0.05, 0) is 99.3 Å². The monoisotopic (exact) mass is 699 g/mol. The Bertz CT molecular complexity index is 3050. The minimum atomic E-state index is -0.0831. The summed E-state index contributed by atoms with van der Waals surface area (Å²) in [4.78, 5) is 2.48. The van der Waals surface area contributed by atoms with E-state index in [-0.39, 0.29) is 5.41 Å². The molecule has 1 aliphatic rings. The summed E-state index contributed by atoms with van der Waals surface area (Å²) in [5, 5.41) is 7.91. The molecular formula is C49H33NS2. The number of benzene rings is 8. The highest BCUT2D eigenvalue weighted by Gasteiger charge is 2.37. The number of fused-ring (bicyclic) bond motifs is 11. The number of anilines is 3. The molecule has 0 N–H and O–H groups in total. The summed E-state index contributed by atoms with van der Waals surface area (Å²) >= 11 is 3.75. The molecule has 0 fully saturated rings. The minimum absolute atomic E-state index is 0.0831. The van der Waals surface area contributed by atoms with E-state index in [9.17, 15) is 0 Å². The van der Waals surface area contributed by atoms with Gasteiger partial charge in [0.2, 0.25) is 0 Å². The predicted octanol–water partition coefficient (Wildman–Crippen LogP) is 15.0. The van der Waals surface area contributed by atoms with Crippen LogP contribution in [-0.4, -0.2) is 0 Å². The molecule has 0 saturated heterocycles. The summed E-state index contributed by atoms with van der Waals surface area (Å²) in [5.41, 5.74) is 11.3. The third-order valence-corrected chi connectivity index (χ3v) is 13.6. The highest BCUT2D eigenvalue weighted by molar-refractivity contribution is 7.26. The average molecular weight is 700 g/mol. The number of hydrogen-bond acceptors (Lipinski definition) is 3. The number of rotatable bonds is 4. The maximum absolute atomic E-state index is 2.48. The molecule has 1 nitrogen and oxygen atoms in total. The van der Waals surface area contributed by atoms with Crippen molar-refractivity contribution < 1.29 is 0 Å². The van der Waals surface area contributed by atoms with Crippen LogP contribution in [0.25, 0.3) is 73.4 Å². The van der Waals surface area contributed by atoms with Gasteiger partial charge in [-0.25, -0.2) is 0 Å². The quantitative estimate of drug-likeness (QED) is 0.177. The van der Waals surface area contributed by atoms with Crippen LogP contribution in [0.2, 0.25) is 0 Å². The van der Waals surface area contributed by atoms with Gasteiger partial charge in [0, 0.05) is 62.7 Å². The second kappa shape index (κ2) is 11.1. The van der Waals surface area contributed by atoms with Crippen molar-refractivity contribution in [2.45, 2.75) is 19.3 Å². The third-order valence-electron chi connectivity index (χ3n) is 11.3. The fourth-order valence-corrected chi connectivity index (χ4v) is 10.9. The van der Waals surface area contributed by atoms with E-state index in [2.05, 4.69) is 183 Å². The van der Waals surface area contributed by atoms with Crippen molar-refractivity contribution >= 4 is 90.9 Å². The van der Waals surface area contributed by atoms with Crippen LogP contribution in [-0.2, 0) is 5.41 Å². The van der Waals surface area contributed by atoms with E-state index in [1.807, 2.05) is 22.7 Å². The highest BCUT2D eigenvalue weighted by atomic mass is 32.1. The zero-order chi connectivity index (χ0) is 34.6. The molecule has 11 rings (SSSR count). The molecule has 8 aromatic carbocycles. The smallest absolute Gasteiger partial charge is 0.0543 e. The Hall–Kier alpha value is -5.74. The molecule has 52 heavy (non-hydrogen) atoms. The molecule has 10 aromatic rings. The molecular weight excluding hydrogens is 667 g/mol. The molecule has 0 spiro atoms. The molecule has 0 bridgehead atoms. The Balaban J connectivity index is 1.10. The molecule has 1 aliphatic carbocycles. The van der Waals surface area contributed by atoms with Gasteiger partial charge in [-0.1, -0.05) is 117 Å². The van der Waals surface area contributed by atoms with Crippen LogP contribution >= 0.6 is 22.7 Å². The summed E-state index contributed by atoms with van der Waals surface area (Å²) < 4.78 is 5.32. The zero-order valence-corrected chi connectivity index (χ0v) is 30.5. The normalized spacial score (nSPS) is 13.3. The van der Waals surface area contributed by atoms with Gasteiger partial charge in [-0.3, -0.25) is 0 Å². The third kappa shape index (κ3) is 4.33. The molecule has 0 saturated carbocycles. The zero-order valence-electron chi connectivity index (χ0n) is 28.9. The van der Waals surface area contributed by atoms with E-state index in [4.69, 9.17) is 0 Å². The highest BCUT2D eigenvalue weighted by Crippen LogP contribution is 2.54. The van der Waals surface area contributed by atoms with Crippen molar-refractivity contribution in [1.82, 2.24) is 0 Å². The summed E-state index contributed by atoms with van der Waals surface area (Å²) in [5.74, 6) is 0. The van der Waals surface area contributed by atoms with Gasteiger partial charge in [0.15, 0.2) is 0 Å². The van der Waals surface area contributed by atoms with Crippen LogP contribution in [0.4, 0.5) is 17.1 Å². The molecule has 2 aromatic heterocycles. The Morgan fingerprint density at radius 2 is 1.08 bits per heavy atom. The van der Waals surface area contributed by atoms with Crippen LogP contribution < -0.4 is 4.90 Å². The van der Waals surface area contributed by atoms with Gasteiger partial charge in [0.25, 0.3) is 0 Å². The first-order valence-corrected chi connectivity index (χ1v) is 19.6. The van der Waals surface area contributed by atoms with Crippen molar-refractivity contribution in [3.05, 3.63) is 175 Å². The second-order valence-electron chi connectivity index (χ2n) is 14.5. The molecule has 0 aliphatic heterocycles. The lowest BCUT2D eigenvalue weighted by atomic mass is 9.82. The van der Waals surface area contributed by atoms with Gasteiger partial charge in [0.1, 0.15) is 0 Å². The van der Waals surface area contributed by atoms with Crippen molar-refractivity contribution in [1.29, 1.82) is 0 Å².